The van der Waals surface area contributed by atoms with Crippen LogP contribution >= 0.6 is 0 Å². The van der Waals surface area contributed by atoms with Crippen molar-refractivity contribution in [2.75, 3.05) is 13.2 Å². The molecule has 2 heterocycles. The normalized spacial score (nSPS) is 21.1. The average Bonchev–Trinajstić information content (AvgIpc) is 3.00. The maximum absolute atomic E-state index is 13.4. The number of para-hydroxylation sites is 1. The van der Waals surface area contributed by atoms with Crippen LogP contribution < -0.4 is 0 Å². The Kier molecular flexibility index (Phi) is 3.36. The number of likely N-dealkylation sites (tertiary alicyclic amines) is 1. The molecule has 1 aliphatic heterocycles. The first kappa shape index (κ1) is 13.9. The van der Waals surface area contributed by atoms with E-state index in [-0.39, 0.29) is 6.54 Å². The van der Waals surface area contributed by atoms with Gasteiger partial charge in [0.25, 0.3) is 5.92 Å². The fourth-order valence-corrected chi connectivity index (χ4v) is 2.72. The molecule has 1 N–H and O–H groups in total. The molecule has 21 heavy (non-hydrogen) atoms. The van der Waals surface area contributed by atoms with E-state index in [1.165, 1.54) is 4.68 Å². The van der Waals surface area contributed by atoms with Crippen LogP contribution in [0.4, 0.5) is 8.78 Å². The summed E-state index contributed by atoms with van der Waals surface area (Å²) >= 11 is 0. The number of alkyl halides is 2. The number of halogens is 2. The van der Waals surface area contributed by atoms with E-state index < -0.39 is 37.4 Å². The summed E-state index contributed by atoms with van der Waals surface area (Å²) in [4.78, 5) is 13.3. The summed E-state index contributed by atoms with van der Waals surface area (Å²) in [5.41, 5.74) is 0.775. The molecule has 112 valence electrons. The first-order valence-electron chi connectivity index (χ1n) is 6.69. The first-order valence-corrected chi connectivity index (χ1v) is 6.69. The van der Waals surface area contributed by atoms with Crippen molar-refractivity contribution in [3.05, 3.63) is 30.5 Å². The fourth-order valence-electron chi connectivity index (χ4n) is 2.72. The highest BCUT2D eigenvalue weighted by Crippen LogP contribution is 2.32. The van der Waals surface area contributed by atoms with Gasteiger partial charge in [-0.15, -0.1) is 0 Å². The molecule has 0 aliphatic carbocycles. The van der Waals surface area contributed by atoms with Crippen molar-refractivity contribution >= 4 is 16.8 Å². The van der Waals surface area contributed by atoms with Gasteiger partial charge in [0.2, 0.25) is 5.91 Å². The molecule has 1 fully saturated rings. The van der Waals surface area contributed by atoms with E-state index in [0.29, 0.717) is 0 Å². The molecule has 1 saturated heterocycles. The van der Waals surface area contributed by atoms with Crippen LogP contribution in [0.15, 0.2) is 30.5 Å². The fraction of sp³-hybridized carbons (Fsp3) is 0.429. The highest BCUT2D eigenvalue weighted by atomic mass is 19.3. The second-order valence-corrected chi connectivity index (χ2v) is 5.28. The molecule has 2 aromatic rings. The van der Waals surface area contributed by atoms with Gasteiger partial charge in [-0.2, -0.15) is 5.10 Å². The summed E-state index contributed by atoms with van der Waals surface area (Å²) in [6.45, 7) is -1.21. The van der Waals surface area contributed by atoms with Gasteiger partial charge in [-0.3, -0.25) is 9.48 Å². The topological polar surface area (TPSA) is 58.4 Å². The van der Waals surface area contributed by atoms with Crippen LogP contribution in [0, 0.1) is 0 Å². The van der Waals surface area contributed by atoms with E-state index in [0.717, 1.165) is 15.8 Å². The molecule has 3 rings (SSSR count). The molecule has 0 bridgehead atoms. The molecule has 1 aromatic heterocycles. The second kappa shape index (κ2) is 5.07. The smallest absolute Gasteiger partial charge is 0.267 e. The lowest BCUT2D eigenvalue weighted by molar-refractivity contribution is -0.134. The number of hydrogen-bond acceptors (Lipinski definition) is 3. The van der Waals surface area contributed by atoms with Gasteiger partial charge in [-0.05, 0) is 6.07 Å². The molecular formula is C14H15F2N3O2. The van der Waals surface area contributed by atoms with E-state index in [1.807, 2.05) is 24.3 Å². The molecule has 1 aromatic carbocycles. The Morgan fingerprint density at radius 1 is 1.43 bits per heavy atom. The number of hydrogen-bond donors (Lipinski definition) is 1. The molecule has 7 heteroatoms. The lowest BCUT2D eigenvalue weighted by Crippen LogP contribution is -2.40. The van der Waals surface area contributed by atoms with E-state index >= 15 is 0 Å². The first-order chi connectivity index (χ1) is 10.00. The Balaban J connectivity index is 1.80. The second-order valence-electron chi connectivity index (χ2n) is 5.28. The SMILES string of the molecule is O=C(Cn1ncc2ccccc21)N1CC(F)(F)CC1CO. The van der Waals surface area contributed by atoms with Crippen molar-refractivity contribution in [2.24, 2.45) is 0 Å². The Morgan fingerprint density at radius 2 is 2.19 bits per heavy atom. The lowest BCUT2D eigenvalue weighted by Gasteiger charge is -2.22. The number of benzene rings is 1. The minimum atomic E-state index is -2.94. The summed E-state index contributed by atoms with van der Waals surface area (Å²) in [6.07, 6.45) is 1.14. The van der Waals surface area contributed by atoms with Gasteiger partial charge >= 0.3 is 0 Å². The van der Waals surface area contributed by atoms with E-state index in [4.69, 9.17) is 5.11 Å². The van der Waals surface area contributed by atoms with Gasteiger partial charge < -0.3 is 10.0 Å². The zero-order valence-electron chi connectivity index (χ0n) is 11.2. The van der Waals surface area contributed by atoms with Crippen molar-refractivity contribution < 1.29 is 18.7 Å². The summed E-state index contributed by atoms with van der Waals surface area (Å²) < 4.78 is 28.3. The molecule has 5 nitrogen and oxygen atoms in total. The molecule has 0 radical (unpaired) electrons. The van der Waals surface area contributed by atoms with E-state index in [1.54, 1.807) is 6.20 Å². The summed E-state index contributed by atoms with van der Waals surface area (Å²) in [6, 6.07) is 6.54. The highest BCUT2D eigenvalue weighted by molar-refractivity contribution is 5.82. The number of nitrogens with zero attached hydrogens (tertiary/aromatic N) is 3. The predicted octanol–water partition coefficient (Wildman–Crippen LogP) is 1.26. The molecule has 0 saturated carbocycles. The molecule has 1 amide bonds. The number of aliphatic hydroxyl groups excluding tert-OH is 1. The third kappa shape index (κ3) is 2.61. The number of rotatable bonds is 3. The summed E-state index contributed by atoms with van der Waals surface area (Å²) in [5.74, 6) is -3.39. The zero-order chi connectivity index (χ0) is 15.0. The minimum absolute atomic E-state index is 0.111. The van der Waals surface area contributed by atoms with E-state index in [2.05, 4.69) is 5.10 Å². The molecule has 0 spiro atoms. The van der Waals surface area contributed by atoms with Crippen molar-refractivity contribution in [3.8, 4) is 0 Å². The molecule has 1 unspecified atom stereocenters. The number of carbonyl (C=O) groups is 1. The number of aromatic nitrogens is 2. The van der Waals surface area contributed by atoms with Crippen molar-refractivity contribution in [1.29, 1.82) is 0 Å². The number of carbonyl (C=O) groups excluding carboxylic acids is 1. The van der Waals surface area contributed by atoms with Crippen LogP contribution in [0.1, 0.15) is 6.42 Å². The maximum Gasteiger partial charge on any atom is 0.267 e. The van der Waals surface area contributed by atoms with Gasteiger partial charge in [0.05, 0.1) is 30.9 Å². The third-order valence-corrected chi connectivity index (χ3v) is 3.74. The van der Waals surface area contributed by atoms with Gasteiger partial charge in [-0.1, -0.05) is 18.2 Å². The Hall–Kier alpha value is -2.02. The van der Waals surface area contributed by atoms with Crippen LogP contribution in [0.25, 0.3) is 10.9 Å². The summed E-state index contributed by atoms with van der Waals surface area (Å²) in [5, 5.41) is 14.2. The number of amides is 1. The van der Waals surface area contributed by atoms with Crippen LogP contribution in [-0.2, 0) is 11.3 Å². The van der Waals surface area contributed by atoms with Gasteiger partial charge in [0.1, 0.15) is 6.54 Å². The highest BCUT2D eigenvalue weighted by Gasteiger charge is 2.46. The predicted molar refractivity (Wildman–Crippen MR) is 71.9 cm³/mol. The minimum Gasteiger partial charge on any atom is -0.394 e. The third-order valence-electron chi connectivity index (χ3n) is 3.74. The Morgan fingerprint density at radius 3 is 2.95 bits per heavy atom. The van der Waals surface area contributed by atoms with Gasteiger partial charge in [-0.25, -0.2) is 8.78 Å². The largest absolute Gasteiger partial charge is 0.394 e. The monoisotopic (exact) mass is 295 g/mol. The number of fused-ring (bicyclic) bond motifs is 1. The Labute approximate surface area is 119 Å². The quantitative estimate of drug-likeness (QED) is 0.927. The Bertz CT molecular complexity index is 671. The van der Waals surface area contributed by atoms with Gasteiger partial charge in [0, 0.05) is 11.8 Å². The van der Waals surface area contributed by atoms with Crippen molar-refractivity contribution in [1.82, 2.24) is 14.7 Å². The zero-order valence-corrected chi connectivity index (χ0v) is 11.2. The van der Waals surface area contributed by atoms with Crippen LogP contribution in [-0.4, -0.2) is 50.8 Å². The summed E-state index contributed by atoms with van der Waals surface area (Å²) in [7, 11) is 0. The lowest BCUT2D eigenvalue weighted by atomic mass is 10.2. The van der Waals surface area contributed by atoms with Crippen molar-refractivity contribution in [2.45, 2.75) is 24.9 Å². The molecule has 1 atom stereocenters. The maximum atomic E-state index is 13.4. The van der Waals surface area contributed by atoms with Crippen molar-refractivity contribution in [3.63, 3.8) is 0 Å². The average molecular weight is 295 g/mol. The van der Waals surface area contributed by atoms with Gasteiger partial charge in [0.15, 0.2) is 0 Å². The van der Waals surface area contributed by atoms with Crippen LogP contribution in [0.5, 0.6) is 0 Å². The standard InChI is InChI=1S/C14H15F2N3O2/c15-14(16)5-11(8-20)18(9-14)13(21)7-19-12-4-2-1-3-10(12)6-17-19/h1-4,6,11,20H,5,7-9H2. The number of aliphatic hydroxyl groups is 1. The van der Waals surface area contributed by atoms with Crippen LogP contribution in [0.2, 0.25) is 0 Å². The molecule has 1 aliphatic rings. The van der Waals surface area contributed by atoms with E-state index in [9.17, 15) is 13.6 Å². The molecular weight excluding hydrogens is 280 g/mol. The van der Waals surface area contributed by atoms with Crippen LogP contribution in [0.3, 0.4) is 0 Å².